The Morgan fingerprint density at radius 3 is 2.20 bits per heavy atom. The van der Waals surface area contributed by atoms with Crippen LogP contribution in [0.4, 0.5) is 5.69 Å². The molecule has 8 heteroatoms. The summed E-state index contributed by atoms with van der Waals surface area (Å²) in [6.45, 7) is 0.105. The van der Waals surface area contributed by atoms with E-state index in [-0.39, 0.29) is 17.3 Å². The number of ether oxygens (including phenoxy) is 1. The quantitative estimate of drug-likeness (QED) is 0.442. The van der Waals surface area contributed by atoms with Crippen LogP contribution in [0.1, 0.15) is 48.0 Å². The number of anilines is 1. The van der Waals surface area contributed by atoms with Gasteiger partial charge in [0.05, 0.1) is 24.2 Å². The maximum absolute atomic E-state index is 13.5. The van der Waals surface area contributed by atoms with E-state index in [2.05, 4.69) is 10.5 Å². The lowest BCUT2D eigenvalue weighted by Crippen LogP contribution is -2.30. The molecule has 0 aromatic heterocycles. The van der Waals surface area contributed by atoms with Gasteiger partial charge in [0.2, 0.25) is 0 Å². The lowest BCUT2D eigenvalue weighted by Gasteiger charge is -2.25. The predicted octanol–water partition coefficient (Wildman–Crippen LogP) is 5.14. The zero-order valence-corrected chi connectivity index (χ0v) is 20.5. The number of hydrazone groups is 1. The summed E-state index contributed by atoms with van der Waals surface area (Å²) in [7, 11) is -2.26. The normalized spacial score (nSPS) is 13.7. The van der Waals surface area contributed by atoms with E-state index < -0.39 is 10.0 Å². The lowest BCUT2D eigenvalue weighted by molar-refractivity contribution is 0.0954. The zero-order valence-electron chi connectivity index (χ0n) is 19.7. The maximum Gasteiger partial charge on any atom is 0.271 e. The smallest absolute Gasteiger partial charge is 0.271 e. The molecule has 35 heavy (non-hydrogen) atoms. The number of benzene rings is 3. The molecule has 0 radical (unpaired) electrons. The van der Waals surface area contributed by atoms with Crippen LogP contribution in [-0.2, 0) is 16.6 Å². The van der Waals surface area contributed by atoms with Crippen molar-refractivity contribution in [2.24, 2.45) is 5.10 Å². The molecule has 1 saturated carbocycles. The highest BCUT2D eigenvalue weighted by atomic mass is 32.2. The van der Waals surface area contributed by atoms with Crippen LogP contribution in [0.25, 0.3) is 0 Å². The molecular formula is C27H29N3O4S. The van der Waals surface area contributed by atoms with Crippen molar-refractivity contribution in [1.29, 1.82) is 0 Å². The summed E-state index contributed by atoms with van der Waals surface area (Å²) in [6, 6.07) is 22.1. The average molecular weight is 492 g/mol. The molecule has 7 nitrogen and oxygen atoms in total. The first-order valence-electron chi connectivity index (χ1n) is 11.6. The number of hydrogen-bond acceptors (Lipinski definition) is 5. The van der Waals surface area contributed by atoms with Gasteiger partial charge in [0, 0.05) is 11.3 Å². The van der Waals surface area contributed by atoms with E-state index in [1.165, 1.54) is 10.7 Å². The van der Waals surface area contributed by atoms with Crippen molar-refractivity contribution >= 4 is 27.3 Å². The topological polar surface area (TPSA) is 88.1 Å². The van der Waals surface area contributed by atoms with Crippen LogP contribution < -0.4 is 14.5 Å². The maximum atomic E-state index is 13.5. The van der Waals surface area contributed by atoms with Crippen molar-refractivity contribution in [1.82, 2.24) is 5.43 Å². The molecule has 0 unspecified atom stereocenters. The Balaban J connectivity index is 1.55. The van der Waals surface area contributed by atoms with E-state index in [4.69, 9.17) is 4.74 Å². The van der Waals surface area contributed by atoms with Crippen LogP contribution in [0.15, 0.2) is 88.9 Å². The van der Waals surface area contributed by atoms with Crippen molar-refractivity contribution in [2.45, 2.75) is 43.5 Å². The summed E-state index contributed by atoms with van der Waals surface area (Å²) >= 11 is 0. The number of amides is 1. The van der Waals surface area contributed by atoms with Crippen molar-refractivity contribution in [2.75, 3.05) is 11.4 Å². The van der Waals surface area contributed by atoms with E-state index in [1.807, 2.05) is 0 Å². The highest BCUT2D eigenvalue weighted by Crippen LogP contribution is 2.28. The number of rotatable bonds is 8. The lowest BCUT2D eigenvalue weighted by atomic mass is 9.99. The van der Waals surface area contributed by atoms with Crippen LogP contribution in [0.2, 0.25) is 0 Å². The van der Waals surface area contributed by atoms with Crippen molar-refractivity contribution < 1.29 is 17.9 Å². The molecule has 0 atom stereocenters. The van der Waals surface area contributed by atoms with Crippen molar-refractivity contribution in [3.63, 3.8) is 0 Å². The molecule has 1 amide bonds. The number of carbonyl (C=O) groups excluding carboxylic acids is 1. The van der Waals surface area contributed by atoms with Gasteiger partial charge in [0.25, 0.3) is 15.9 Å². The molecule has 0 aliphatic heterocycles. The third-order valence-electron chi connectivity index (χ3n) is 5.98. The van der Waals surface area contributed by atoms with Gasteiger partial charge in [-0.15, -0.1) is 0 Å². The minimum absolute atomic E-state index is 0.105. The standard InChI is InChI=1S/C27H29N3O4S/c1-34-25-18-16-24(17-19-25)30(35(32,33)26-10-6-3-7-11-26)20-21-12-14-22(15-13-21)27(31)29-28-23-8-4-2-5-9-23/h3,6-7,10-19H,2,4-5,8-9,20H2,1H3,(H,29,31). The Hall–Kier alpha value is -3.65. The molecular weight excluding hydrogens is 462 g/mol. The Morgan fingerprint density at radius 1 is 0.914 bits per heavy atom. The van der Waals surface area contributed by atoms with Gasteiger partial charge in [-0.3, -0.25) is 9.10 Å². The van der Waals surface area contributed by atoms with Crippen LogP contribution in [0.5, 0.6) is 5.75 Å². The Labute approximate surface area is 206 Å². The van der Waals surface area contributed by atoms with E-state index in [1.54, 1.807) is 86.0 Å². The Bertz CT molecular complexity index is 1260. The molecule has 1 aliphatic carbocycles. The summed E-state index contributed by atoms with van der Waals surface area (Å²) in [5, 5.41) is 4.27. The largest absolute Gasteiger partial charge is 0.497 e. The van der Waals surface area contributed by atoms with Gasteiger partial charge in [0.1, 0.15) is 5.75 Å². The van der Waals surface area contributed by atoms with E-state index in [0.717, 1.165) is 37.0 Å². The molecule has 0 bridgehead atoms. The molecule has 3 aromatic rings. The third kappa shape index (κ3) is 6.08. The second kappa shape index (κ2) is 11.2. The molecule has 1 aliphatic rings. The van der Waals surface area contributed by atoms with Gasteiger partial charge in [-0.2, -0.15) is 5.10 Å². The number of hydrogen-bond donors (Lipinski definition) is 1. The van der Waals surface area contributed by atoms with E-state index >= 15 is 0 Å². The first-order chi connectivity index (χ1) is 17.0. The van der Waals surface area contributed by atoms with Gasteiger partial charge in [-0.05, 0) is 79.8 Å². The molecule has 3 aromatic carbocycles. The van der Waals surface area contributed by atoms with Gasteiger partial charge in [-0.25, -0.2) is 13.8 Å². The molecule has 0 spiro atoms. The van der Waals surface area contributed by atoms with Crippen LogP contribution >= 0.6 is 0 Å². The highest BCUT2D eigenvalue weighted by Gasteiger charge is 2.25. The minimum Gasteiger partial charge on any atom is -0.497 e. The molecule has 4 rings (SSSR count). The first-order valence-corrected chi connectivity index (χ1v) is 13.1. The molecule has 1 fully saturated rings. The van der Waals surface area contributed by atoms with Crippen LogP contribution in [0.3, 0.4) is 0 Å². The van der Waals surface area contributed by atoms with Crippen LogP contribution in [0, 0.1) is 0 Å². The zero-order chi connectivity index (χ0) is 24.7. The number of nitrogens with zero attached hydrogens (tertiary/aromatic N) is 2. The molecule has 182 valence electrons. The number of nitrogens with one attached hydrogen (secondary N) is 1. The average Bonchev–Trinajstić information content (AvgIpc) is 2.92. The fraction of sp³-hybridized carbons (Fsp3) is 0.259. The summed E-state index contributed by atoms with van der Waals surface area (Å²) < 4.78 is 33.6. The molecule has 0 saturated heterocycles. The number of carbonyl (C=O) groups is 1. The van der Waals surface area contributed by atoms with E-state index in [9.17, 15) is 13.2 Å². The Kier molecular flexibility index (Phi) is 7.82. The third-order valence-corrected chi connectivity index (χ3v) is 7.77. The fourth-order valence-corrected chi connectivity index (χ4v) is 5.45. The van der Waals surface area contributed by atoms with Crippen molar-refractivity contribution in [3.8, 4) is 5.75 Å². The fourth-order valence-electron chi connectivity index (χ4n) is 3.98. The van der Waals surface area contributed by atoms with Gasteiger partial charge >= 0.3 is 0 Å². The summed E-state index contributed by atoms with van der Waals surface area (Å²) in [5.74, 6) is 0.358. The number of sulfonamides is 1. The molecule has 1 N–H and O–H groups in total. The van der Waals surface area contributed by atoms with E-state index in [0.29, 0.717) is 17.0 Å². The number of methoxy groups -OCH3 is 1. The summed E-state index contributed by atoms with van der Waals surface area (Å²) in [4.78, 5) is 12.7. The minimum atomic E-state index is -3.82. The molecule has 0 heterocycles. The van der Waals surface area contributed by atoms with Gasteiger partial charge in [0.15, 0.2) is 0 Å². The second-order valence-electron chi connectivity index (χ2n) is 8.40. The van der Waals surface area contributed by atoms with Crippen LogP contribution in [-0.4, -0.2) is 27.1 Å². The summed E-state index contributed by atoms with van der Waals surface area (Å²) in [6.07, 6.45) is 5.29. The Morgan fingerprint density at radius 2 is 1.57 bits per heavy atom. The predicted molar refractivity (Wildman–Crippen MR) is 137 cm³/mol. The summed E-state index contributed by atoms with van der Waals surface area (Å²) in [5.41, 5.74) is 5.40. The first kappa shape index (κ1) is 24.5. The monoisotopic (exact) mass is 491 g/mol. The van der Waals surface area contributed by atoms with Gasteiger partial charge in [-0.1, -0.05) is 36.8 Å². The SMILES string of the molecule is COc1ccc(N(Cc2ccc(C(=O)NN=C3CCCCC3)cc2)S(=O)(=O)c2ccccc2)cc1. The highest BCUT2D eigenvalue weighted by molar-refractivity contribution is 7.92. The van der Waals surface area contributed by atoms with Crippen molar-refractivity contribution in [3.05, 3.63) is 90.0 Å². The second-order valence-corrected chi connectivity index (χ2v) is 10.3. The van der Waals surface area contributed by atoms with Gasteiger partial charge < -0.3 is 4.74 Å².